The molecule has 26 heavy (non-hydrogen) atoms. The predicted molar refractivity (Wildman–Crippen MR) is 108 cm³/mol. The molecule has 0 aliphatic heterocycles. The van der Waals surface area contributed by atoms with E-state index in [9.17, 15) is 9.59 Å². The zero-order valence-electron chi connectivity index (χ0n) is 15.2. The molecule has 2 aromatic rings. The third kappa shape index (κ3) is 6.50. The second kappa shape index (κ2) is 11.3. The summed E-state index contributed by atoms with van der Waals surface area (Å²) in [6, 6.07) is 15.5. The Balaban J connectivity index is 0.00000338. The molecule has 2 rings (SSSR count). The molecule has 0 aliphatic rings. The summed E-state index contributed by atoms with van der Waals surface area (Å²) < 4.78 is 0. The van der Waals surface area contributed by atoms with Crippen LogP contribution in [0.3, 0.4) is 0 Å². The van der Waals surface area contributed by atoms with Crippen LogP contribution >= 0.6 is 12.4 Å². The Morgan fingerprint density at radius 1 is 0.962 bits per heavy atom. The summed E-state index contributed by atoms with van der Waals surface area (Å²) in [4.78, 5) is 24.6. The molecule has 2 amide bonds. The lowest BCUT2D eigenvalue weighted by molar-refractivity contribution is -0.116. The first-order valence-corrected chi connectivity index (χ1v) is 8.48. The molecular weight excluding hydrogens is 350 g/mol. The van der Waals surface area contributed by atoms with E-state index in [2.05, 4.69) is 16.0 Å². The molecule has 0 saturated heterocycles. The Morgan fingerprint density at radius 2 is 1.69 bits per heavy atom. The number of aryl methyl sites for hydroxylation is 1. The molecule has 140 valence electrons. The number of nitrogens with one attached hydrogen (secondary N) is 3. The van der Waals surface area contributed by atoms with Crippen molar-refractivity contribution in [2.24, 2.45) is 0 Å². The molecule has 0 radical (unpaired) electrons. The van der Waals surface area contributed by atoms with Gasteiger partial charge in [0.25, 0.3) is 5.91 Å². The van der Waals surface area contributed by atoms with Crippen LogP contribution in [0.4, 0.5) is 5.69 Å². The zero-order valence-corrected chi connectivity index (χ0v) is 16.0. The van der Waals surface area contributed by atoms with Gasteiger partial charge in [-0.1, -0.05) is 42.5 Å². The van der Waals surface area contributed by atoms with E-state index in [4.69, 9.17) is 0 Å². The van der Waals surface area contributed by atoms with Crippen molar-refractivity contribution >= 4 is 29.9 Å². The number of anilines is 1. The number of hydrogen-bond donors (Lipinski definition) is 3. The van der Waals surface area contributed by atoms with Crippen LogP contribution in [0.2, 0.25) is 0 Å². The maximum atomic E-state index is 12.6. The summed E-state index contributed by atoms with van der Waals surface area (Å²) in [5.74, 6) is -0.281. The van der Waals surface area contributed by atoms with E-state index in [1.54, 1.807) is 13.1 Å². The van der Waals surface area contributed by atoms with E-state index in [1.165, 1.54) is 5.56 Å². The summed E-state index contributed by atoms with van der Waals surface area (Å²) in [6.07, 6.45) is 1.13. The van der Waals surface area contributed by atoms with Crippen LogP contribution in [0.5, 0.6) is 0 Å². The topological polar surface area (TPSA) is 70.2 Å². The number of benzene rings is 2. The number of rotatable bonds is 8. The van der Waals surface area contributed by atoms with Crippen molar-refractivity contribution in [3.63, 3.8) is 0 Å². The van der Waals surface area contributed by atoms with E-state index in [-0.39, 0.29) is 24.2 Å². The summed E-state index contributed by atoms with van der Waals surface area (Å²) in [5, 5.41) is 8.71. The molecule has 0 aromatic heterocycles. The van der Waals surface area contributed by atoms with Gasteiger partial charge in [-0.3, -0.25) is 9.59 Å². The van der Waals surface area contributed by atoms with Crippen molar-refractivity contribution in [2.45, 2.75) is 19.8 Å². The van der Waals surface area contributed by atoms with E-state index in [0.29, 0.717) is 30.8 Å². The molecule has 0 unspecified atom stereocenters. The minimum absolute atomic E-state index is 0. The molecule has 6 heteroatoms. The quantitative estimate of drug-likeness (QED) is 0.664. The molecule has 0 atom stereocenters. The van der Waals surface area contributed by atoms with Crippen LogP contribution in [0.25, 0.3) is 0 Å². The van der Waals surface area contributed by atoms with Gasteiger partial charge in [-0.25, -0.2) is 0 Å². The highest BCUT2D eigenvalue weighted by Crippen LogP contribution is 2.19. The van der Waals surface area contributed by atoms with Crippen molar-refractivity contribution < 1.29 is 9.59 Å². The van der Waals surface area contributed by atoms with Crippen molar-refractivity contribution in [3.05, 3.63) is 65.2 Å². The van der Waals surface area contributed by atoms with Crippen LogP contribution in [0, 0.1) is 6.92 Å². The lowest BCUT2D eigenvalue weighted by Gasteiger charge is -2.14. The normalized spacial score (nSPS) is 9.92. The van der Waals surface area contributed by atoms with Gasteiger partial charge in [0.15, 0.2) is 0 Å². The number of hydrogen-bond acceptors (Lipinski definition) is 3. The van der Waals surface area contributed by atoms with Gasteiger partial charge in [-0.05, 0) is 37.6 Å². The first kappa shape index (κ1) is 21.7. The van der Waals surface area contributed by atoms with Crippen molar-refractivity contribution in [1.29, 1.82) is 0 Å². The van der Waals surface area contributed by atoms with Gasteiger partial charge >= 0.3 is 0 Å². The molecular formula is C20H26ClN3O2. The van der Waals surface area contributed by atoms with E-state index >= 15 is 0 Å². The molecule has 0 heterocycles. The Hall–Kier alpha value is -2.37. The summed E-state index contributed by atoms with van der Waals surface area (Å²) in [7, 11) is 1.80. The van der Waals surface area contributed by atoms with E-state index in [1.807, 2.05) is 49.4 Å². The van der Waals surface area contributed by atoms with Gasteiger partial charge in [0.2, 0.25) is 5.91 Å². The fourth-order valence-electron chi connectivity index (χ4n) is 2.58. The average molecular weight is 376 g/mol. The SMILES string of the molecule is CNCCC(=O)Nc1cccc(C)c1C(=O)NCCc1ccccc1.Cl. The van der Waals surface area contributed by atoms with Gasteiger partial charge in [0, 0.05) is 19.5 Å². The third-order valence-corrected chi connectivity index (χ3v) is 3.92. The van der Waals surface area contributed by atoms with Crippen molar-refractivity contribution in [2.75, 3.05) is 25.5 Å². The Kier molecular flexibility index (Phi) is 9.41. The average Bonchev–Trinajstić information content (AvgIpc) is 2.61. The predicted octanol–water partition coefficient (Wildman–Crippen LogP) is 2.94. The van der Waals surface area contributed by atoms with Gasteiger partial charge in [-0.2, -0.15) is 0 Å². The van der Waals surface area contributed by atoms with Gasteiger partial charge in [0.1, 0.15) is 0 Å². The van der Waals surface area contributed by atoms with Crippen LogP contribution in [0.15, 0.2) is 48.5 Å². The molecule has 0 spiro atoms. The Morgan fingerprint density at radius 3 is 2.38 bits per heavy atom. The minimum Gasteiger partial charge on any atom is -0.352 e. The molecule has 0 aliphatic carbocycles. The summed E-state index contributed by atoms with van der Waals surface area (Å²) >= 11 is 0. The molecule has 2 aromatic carbocycles. The second-order valence-corrected chi connectivity index (χ2v) is 5.89. The molecule has 0 saturated carbocycles. The zero-order chi connectivity index (χ0) is 18.1. The van der Waals surface area contributed by atoms with Crippen molar-refractivity contribution in [1.82, 2.24) is 10.6 Å². The smallest absolute Gasteiger partial charge is 0.253 e. The second-order valence-electron chi connectivity index (χ2n) is 5.89. The van der Waals surface area contributed by atoms with Gasteiger partial charge < -0.3 is 16.0 Å². The van der Waals surface area contributed by atoms with Crippen LogP contribution in [-0.2, 0) is 11.2 Å². The third-order valence-electron chi connectivity index (χ3n) is 3.92. The summed E-state index contributed by atoms with van der Waals surface area (Å²) in [5.41, 5.74) is 3.09. The first-order valence-electron chi connectivity index (χ1n) is 8.48. The monoisotopic (exact) mass is 375 g/mol. The Labute approximate surface area is 161 Å². The highest BCUT2D eigenvalue weighted by molar-refractivity contribution is 6.04. The maximum absolute atomic E-state index is 12.6. The first-order chi connectivity index (χ1) is 12.1. The lowest BCUT2D eigenvalue weighted by atomic mass is 10.1. The van der Waals surface area contributed by atoms with Crippen molar-refractivity contribution in [3.8, 4) is 0 Å². The Bertz CT molecular complexity index is 720. The molecule has 3 N–H and O–H groups in total. The van der Waals surface area contributed by atoms with Crippen LogP contribution < -0.4 is 16.0 Å². The van der Waals surface area contributed by atoms with Crippen LogP contribution in [0.1, 0.15) is 27.9 Å². The minimum atomic E-state index is -0.169. The number of carbonyl (C=O) groups is 2. The highest BCUT2D eigenvalue weighted by Gasteiger charge is 2.15. The largest absolute Gasteiger partial charge is 0.352 e. The van der Waals surface area contributed by atoms with E-state index < -0.39 is 0 Å². The van der Waals surface area contributed by atoms with Gasteiger partial charge in [0.05, 0.1) is 11.3 Å². The fourth-order valence-corrected chi connectivity index (χ4v) is 2.58. The highest BCUT2D eigenvalue weighted by atomic mass is 35.5. The number of carbonyl (C=O) groups excluding carboxylic acids is 2. The fraction of sp³-hybridized carbons (Fsp3) is 0.300. The summed E-state index contributed by atoms with van der Waals surface area (Å²) in [6.45, 7) is 3.01. The lowest BCUT2D eigenvalue weighted by Crippen LogP contribution is -2.28. The van der Waals surface area contributed by atoms with Crippen LogP contribution in [-0.4, -0.2) is 32.0 Å². The van der Waals surface area contributed by atoms with Gasteiger partial charge in [-0.15, -0.1) is 12.4 Å². The number of amides is 2. The molecule has 0 bridgehead atoms. The molecule has 5 nitrogen and oxygen atoms in total. The standard InChI is InChI=1S/C20H25N3O2.ClH/c1-15-7-6-10-17(23-18(24)12-13-21-2)19(15)20(25)22-14-11-16-8-4-3-5-9-16;/h3-10,21H,11-14H2,1-2H3,(H,22,25)(H,23,24);1H. The molecule has 0 fully saturated rings. The van der Waals surface area contributed by atoms with E-state index in [0.717, 1.165) is 12.0 Å². The number of halogens is 1. The maximum Gasteiger partial charge on any atom is 0.253 e.